The molecule has 1 saturated carbocycles. The molecule has 8 heteroatoms. The van der Waals surface area contributed by atoms with Crippen LogP contribution in [0.15, 0.2) is 18.2 Å². The lowest BCUT2D eigenvalue weighted by molar-refractivity contribution is -0.140. The summed E-state index contributed by atoms with van der Waals surface area (Å²) in [7, 11) is 0. The molecule has 0 saturated heterocycles. The predicted octanol–water partition coefficient (Wildman–Crippen LogP) is 3.22. The van der Waals surface area contributed by atoms with Crippen molar-refractivity contribution in [2.45, 2.75) is 16.4 Å². The molecule has 1 amide bonds. The van der Waals surface area contributed by atoms with Crippen molar-refractivity contribution < 1.29 is 22.4 Å². The van der Waals surface area contributed by atoms with Crippen LogP contribution >= 0.6 is 23.2 Å². The minimum Gasteiger partial charge on any atom is -0.369 e. The first kappa shape index (κ1) is 14.4. The van der Waals surface area contributed by atoms with E-state index in [-0.39, 0.29) is 5.56 Å². The Morgan fingerprint density at radius 1 is 1.32 bits per heavy atom. The maximum absolute atomic E-state index is 13.1. The second-order valence-electron chi connectivity index (χ2n) is 4.27. The van der Waals surface area contributed by atoms with Crippen molar-refractivity contribution in [2.75, 3.05) is 0 Å². The average Bonchev–Trinajstić information content (AvgIpc) is 2.80. The van der Waals surface area contributed by atoms with E-state index in [2.05, 4.69) is 0 Å². The minimum atomic E-state index is -4.83. The summed E-state index contributed by atoms with van der Waals surface area (Å²) in [5.74, 6) is -4.06. The van der Waals surface area contributed by atoms with Crippen molar-refractivity contribution in [3.05, 3.63) is 35.1 Å². The summed E-state index contributed by atoms with van der Waals surface area (Å²) in [6, 6.07) is 2.37. The van der Waals surface area contributed by atoms with Crippen LogP contribution in [0.25, 0.3) is 0 Å². The largest absolute Gasteiger partial charge is 0.419 e. The Morgan fingerprint density at radius 3 is 2.32 bits per heavy atom. The van der Waals surface area contributed by atoms with E-state index < -0.39 is 39.6 Å². The molecule has 0 aromatic heterocycles. The third kappa shape index (κ3) is 2.39. The predicted molar refractivity (Wildman–Crippen MR) is 61.3 cm³/mol. The Balaban J connectivity index is 2.42. The van der Waals surface area contributed by atoms with Crippen molar-refractivity contribution in [2.24, 2.45) is 11.7 Å². The van der Waals surface area contributed by atoms with Crippen LogP contribution in [0, 0.1) is 11.7 Å². The average molecular weight is 316 g/mol. The summed E-state index contributed by atoms with van der Waals surface area (Å²) in [4.78, 5) is 11.1. The number of hydrogen-bond acceptors (Lipinski definition) is 1. The van der Waals surface area contributed by atoms with Crippen LogP contribution < -0.4 is 5.73 Å². The fraction of sp³-hybridized carbons (Fsp3) is 0.364. The van der Waals surface area contributed by atoms with Gasteiger partial charge in [0.05, 0.1) is 11.5 Å². The zero-order valence-corrected chi connectivity index (χ0v) is 10.7. The highest BCUT2D eigenvalue weighted by atomic mass is 35.5. The van der Waals surface area contributed by atoms with Gasteiger partial charge in [-0.25, -0.2) is 4.39 Å². The second-order valence-corrected chi connectivity index (χ2v) is 5.71. The van der Waals surface area contributed by atoms with E-state index in [0.717, 1.165) is 6.07 Å². The Bertz CT molecular complexity index is 544. The molecular weight excluding hydrogens is 309 g/mol. The number of hydrogen-bond donors (Lipinski definition) is 1. The number of carbonyl (C=O) groups excluding carboxylic acids is 1. The zero-order valence-electron chi connectivity index (χ0n) is 9.14. The molecule has 2 unspecified atom stereocenters. The fourth-order valence-electron chi connectivity index (χ4n) is 2.05. The van der Waals surface area contributed by atoms with Crippen molar-refractivity contribution in [1.82, 2.24) is 0 Å². The third-order valence-corrected chi connectivity index (χ3v) is 3.96. The highest BCUT2D eigenvalue weighted by Gasteiger charge is 2.67. The van der Waals surface area contributed by atoms with E-state index in [1.807, 2.05) is 0 Å². The van der Waals surface area contributed by atoms with Crippen LogP contribution in [-0.4, -0.2) is 10.2 Å². The Morgan fingerprint density at radius 2 is 1.89 bits per heavy atom. The number of halogens is 6. The topological polar surface area (TPSA) is 43.1 Å². The van der Waals surface area contributed by atoms with Crippen molar-refractivity contribution in [3.8, 4) is 0 Å². The normalized spacial score (nSPS) is 25.2. The molecule has 104 valence electrons. The molecule has 0 bridgehead atoms. The van der Waals surface area contributed by atoms with E-state index in [0.29, 0.717) is 12.1 Å². The Hall–Kier alpha value is -1.01. The van der Waals surface area contributed by atoms with E-state index in [4.69, 9.17) is 28.9 Å². The summed E-state index contributed by atoms with van der Waals surface area (Å²) < 4.78 is 49.3. The standard InChI is InChI=1S/C11H7Cl2F4NO/c12-10(13)7(8(10)9(18)19)4-1-2-6(14)5(3-4)11(15,16)17/h1-3,7-8H,(H2,18,19). The maximum Gasteiger partial charge on any atom is 0.419 e. The number of carbonyl (C=O) groups is 1. The molecule has 2 nitrogen and oxygen atoms in total. The summed E-state index contributed by atoms with van der Waals surface area (Å²) in [5, 5.41) is 0. The van der Waals surface area contributed by atoms with Crippen LogP contribution in [0.2, 0.25) is 0 Å². The first-order chi connectivity index (χ1) is 8.56. The van der Waals surface area contributed by atoms with Gasteiger partial charge >= 0.3 is 6.18 Å². The van der Waals surface area contributed by atoms with Gasteiger partial charge in [-0.1, -0.05) is 6.07 Å². The van der Waals surface area contributed by atoms with Gasteiger partial charge in [0.1, 0.15) is 10.2 Å². The van der Waals surface area contributed by atoms with Crippen LogP contribution in [0.3, 0.4) is 0 Å². The third-order valence-electron chi connectivity index (χ3n) is 3.01. The highest BCUT2D eigenvalue weighted by molar-refractivity contribution is 6.53. The van der Waals surface area contributed by atoms with Crippen LogP contribution in [-0.2, 0) is 11.0 Å². The molecular formula is C11H7Cl2F4NO. The van der Waals surface area contributed by atoms with Crippen molar-refractivity contribution in [1.29, 1.82) is 0 Å². The summed E-state index contributed by atoms with van der Waals surface area (Å²) in [6.07, 6.45) is -4.83. The van der Waals surface area contributed by atoms with Gasteiger partial charge in [-0.2, -0.15) is 13.2 Å². The molecule has 2 rings (SSSR count). The molecule has 1 aliphatic carbocycles. The number of benzene rings is 1. The monoisotopic (exact) mass is 315 g/mol. The number of nitrogens with two attached hydrogens (primary N) is 1. The summed E-state index contributed by atoms with van der Waals surface area (Å²) in [5.41, 5.74) is 3.65. The van der Waals surface area contributed by atoms with Gasteiger partial charge in [-0.3, -0.25) is 4.79 Å². The summed E-state index contributed by atoms with van der Waals surface area (Å²) in [6.45, 7) is 0. The van der Waals surface area contributed by atoms with Crippen LogP contribution in [0.5, 0.6) is 0 Å². The number of amides is 1. The SMILES string of the molecule is NC(=O)C1C(c2ccc(F)c(C(F)(F)F)c2)C1(Cl)Cl. The highest BCUT2D eigenvalue weighted by Crippen LogP contribution is 2.64. The first-order valence-corrected chi connectivity index (χ1v) is 5.86. The van der Waals surface area contributed by atoms with E-state index in [9.17, 15) is 22.4 Å². The number of alkyl halides is 5. The summed E-state index contributed by atoms with van der Waals surface area (Å²) >= 11 is 11.6. The van der Waals surface area contributed by atoms with E-state index >= 15 is 0 Å². The smallest absolute Gasteiger partial charge is 0.369 e. The molecule has 0 radical (unpaired) electrons. The van der Waals surface area contributed by atoms with Gasteiger partial charge in [0.2, 0.25) is 5.91 Å². The van der Waals surface area contributed by atoms with Gasteiger partial charge in [-0.05, 0) is 17.7 Å². The molecule has 1 aromatic carbocycles. The number of rotatable bonds is 2. The van der Waals surface area contributed by atoms with Crippen molar-refractivity contribution in [3.63, 3.8) is 0 Å². The molecule has 2 N–H and O–H groups in total. The lowest BCUT2D eigenvalue weighted by Crippen LogP contribution is -2.16. The lowest BCUT2D eigenvalue weighted by atomic mass is 10.0. The second kappa shape index (κ2) is 4.24. The maximum atomic E-state index is 13.1. The van der Waals surface area contributed by atoms with Gasteiger partial charge in [0.15, 0.2) is 0 Å². The van der Waals surface area contributed by atoms with E-state index in [1.165, 1.54) is 0 Å². The Labute approximate surface area is 115 Å². The van der Waals surface area contributed by atoms with Crippen LogP contribution in [0.1, 0.15) is 17.0 Å². The molecule has 2 atom stereocenters. The molecule has 1 aromatic rings. The molecule has 19 heavy (non-hydrogen) atoms. The molecule has 1 aliphatic rings. The molecule has 1 fully saturated rings. The molecule has 0 aliphatic heterocycles. The molecule has 0 spiro atoms. The first-order valence-electron chi connectivity index (χ1n) is 5.10. The van der Waals surface area contributed by atoms with Gasteiger partial charge in [-0.15, -0.1) is 23.2 Å². The van der Waals surface area contributed by atoms with Gasteiger partial charge in [0, 0.05) is 5.92 Å². The lowest BCUT2D eigenvalue weighted by Gasteiger charge is -2.10. The van der Waals surface area contributed by atoms with Gasteiger partial charge < -0.3 is 5.73 Å². The fourth-order valence-corrected chi connectivity index (χ4v) is 2.89. The zero-order chi connectivity index (χ0) is 14.6. The van der Waals surface area contributed by atoms with Crippen molar-refractivity contribution >= 4 is 29.1 Å². The quantitative estimate of drug-likeness (QED) is 0.661. The minimum absolute atomic E-state index is 0.0301. The van der Waals surface area contributed by atoms with Crippen LogP contribution in [0.4, 0.5) is 17.6 Å². The molecule has 0 heterocycles. The van der Waals surface area contributed by atoms with E-state index in [1.54, 1.807) is 0 Å². The van der Waals surface area contributed by atoms with Gasteiger partial charge in [0.25, 0.3) is 0 Å². The Kier molecular flexibility index (Phi) is 3.22. The number of primary amides is 1.